The predicted molar refractivity (Wildman–Crippen MR) is 166 cm³/mol. The number of carbonyl (C=O) groups excluding carboxylic acids is 4. The Hall–Kier alpha value is -3.88. The molecule has 0 aliphatic carbocycles. The molecule has 0 saturated carbocycles. The number of hydrogen-bond donors (Lipinski definition) is 3. The molecule has 0 saturated heterocycles. The van der Waals surface area contributed by atoms with Crippen LogP contribution in [0, 0.1) is 27.7 Å². The molecule has 0 heterocycles. The summed E-state index contributed by atoms with van der Waals surface area (Å²) in [7, 11) is 0. The monoisotopic (exact) mass is 580 g/mol. The Labute approximate surface area is 250 Å². The van der Waals surface area contributed by atoms with E-state index in [0.29, 0.717) is 17.7 Å². The zero-order chi connectivity index (χ0) is 31.6. The Bertz CT molecular complexity index is 1250. The summed E-state index contributed by atoms with van der Waals surface area (Å²) in [5.74, 6) is -1.45. The molecule has 230 valence electrons. The molecule has 2 aromatic carbocycles. The molecule has 42 heavy (non-hydrogen) atoms. The Kier molecular flexibility index (Phi) is 12.6. The molecule has 2 unspecified atom stereocenters. The summed E-state index contributed by atoms with van der Waals surface area (Å²) in [6.45, 7) is 15.2. The van der Waals surface area contributed by atoms with E-state index in [0.717, 1.165) is 35.1 Å². The van der Waals surface area contributed by atoms with Crippen LogP contribution in [0.4, 0.5) is 10.5 Å². The van der Waals surface area contributed by atoms with E-state index in [1.165, 1.54) is 4.90 Å². The zero-order valence-electron chi connectivity index (χ0n) is 26.4. The summed E-state index contributed by atoms with van der Waals surface area (Å²) in [6.07, 6.45) is 1.45. The summed E-state index contributed by atoms with van der Waals surface area (Å²) in [5, 5.41) is 5.74. The van der Waals surface area contributed by atoms with Gasteiger partial charge in [-0.25, -0.2) is 4.79 Å². The molecular weight excluding hydrogens is 532 g/mol. The van der Waals surface area contributed by atoms with Gasteiger partial charge in [0.15, 0.2) is 0 Å². The van der Waals surface area contributed by atoms with Gasteiger partial charge in [0, 0.05) is 18.7 Å². The second-order valence-corrected chi connectivity index (χ2v) is 12.0. The maximum Gasteiger partial charge on any atom is 0.408 e. The van der Waals surface area contributed by atoms with Crippen molar-refractivity contribution < 1.29 is 23.9 Å². The van der Waals surface area contributed by atoms with E-state index in [4.69, 9.17) is 10.5 Å². The van der Waals surface area contributed by atoms with Crippen LogP contribution in [0.3, 0.4) is 0 Å². The predicted octanol–water partition coefficient (Wildman–Crippen LogP) is 5.78. The van der Waals surface area contributed by atoms with Crippen molar-refractivity contribution in [1.82, 2.24) is 10.2 Å². The third-order valence-electron chi connectivity index (χ3n) is 6.97. The van der Waals surface area contributed by atoms with Gasteiger partial charge in [-0.3, -0.25) is 14.4 Å². The minimum Gasteiger partial charge on any atom is -0.444 e. The van der Waals surface area contributed by atoms with Crippen LogP contribution in [0.2, 0.25) is 0 Å². The number of nitrogens with zero attached hydrogens (tertiary/aromatic N) is 1. The highest BCUT2D eigenvalue weighted by atomic mass is 16.6. The van der Waals surface area contributed by atoms with Gasteiger partial charge in [0.05, 0.1) is 0 Å². The van der Waals surface area contributed by atoms with Gasteiger partial charge >= 0.3 is 6.09 Å². The number of aryl methyl sites for hydroxylation is 4. The maximum atomic E-state index is 14.4. The third-order valence-corrected chi connectivity index (χ3v) is 6.97. The molecule has 9 heteroatoms. The lowest BCUT2D eigenvalue weighted by Crippen LogP contribution is -2.53. The Morgan fingerprint density at radius 3 is 2.17 bits per heavy atom. The van der Waals surface area contributed by atoms with E-state index in [-0.39, 0.29) is 25.3 Å². The van der Waals surface area contributed by atoms with Crippen LogP contribution in [0.1, 0.15) is 93.7 Å². The van der Waals surface area contributed by atoms with E-state index >= 15 is 0 Å². The summed E-state index contributed by atoms with van der Waals surface area (Å²) in [4.78, 5) is 54.7. The maximum absolute atomic E-state index is 14.4. The number of nitrogens with two attached hydrogens (primary N) is 1. The lowest BCUT2D eigenvalue weighted by Gasteiger charge is -2.35. The fourth-order valence-corrected chi connectivity index (χ4v) is 4.80. The highest BCUT2D eigenvalue weighted by molar-refractivity contribution is 6.00. The van der Waals surface area contributed by atoms with Crippen LogP contribution < -0.4 is 16.4 Å². The molecule has 9 nitrogen and oxygen atoms in total. The first-order valence-electron chi connectivity index (χ1n) is 14.7. The van der Waals surface area contributed by atoms with E-state index in [2.05, 4.69) is 17.6 Å². The molecule has 0 spiro atoms. The van der Waals surface area contributed by atoms with Gasteiger partial charge in [-0.1, -0.05) is 61.7 Å². The van der Waals surface area contributed by atoms with Gasteiger partial charge in [-0.2, -0.15) is 0 Å². The van der Waals surface area contributed by atoms with Crippen molar-refractivity contribution in [3.05, 3.63) is 64.2 Å². The summed E-state index contributed by atoms with van der Waals surface area (Å²) < 4.78 is 5.42. The summed E-state index contributed by atoms with van der Waals surface area (Å²) in [5.41, 5.74) is 9.60. The number of rotatable bonds is 13. The average molecular weight is 581 g/mol. The number of anilines is 1. The van der Waals surface area contributed by atoms with Crippen molar-refractivity contribution in [2.24, 2.45) is 5.73 Å². The zero-order valence-corrected chi connectivity index (χ0v) is 26.4. The smallest absolute Gasteiger partial charge is 0.408 e. The fraction of sp³-hybridized carbons (Fsp3) is 0.515. The number of unbranched alkanes of at least 4 members (excludes halogenated alkanes) is 2. The highest BCUT2D eigenvalue weighted by Gasteiger charge is 2.37. The van der Waals surface area contributed by atoms with Gasteiger partial charge in [0.1, 0.15) is 17.7 Å². The topological polar surface area (TPSA) is 131 Å². The van der Waals surface area contributed by atoms with E-state index in [1.54, 1.807) is 20.8 Å². The number of nitrogens with one attached hydrogen (secondary N) is 2. The lowest BCUT2D eigenvalue weighted by molar-refractivity contribution is -0.141. The van der Waals surface area contributed by atoms with Crippen LogP contribution in [-0.2, 0) is 19.1 Å². The van der Waals surface area contributed by atoms with Gasteiger partial charge in [0.2, 0.25) is 11.8 Å². The van der Waals surface area contributed by atoms with E-state index in [9.17, 15) is 19.2 Å². The number of primary amides is 1. The lowest BCUT2D eigenvalue weighted by atomic mass is 9.95. The quantitative estimate of drug-likeness (QED) is 0.259. The van der Waals surface area contributed by atoms with E-state index in [1.807, 2.05) is 64.1 Å². The third kappa shape index (κ3) is 10.2. The van der Waals surface area contributed by atoms with Crippen molar-refractivity contribution in [2.75, 3.05) is 11.9 Å². The molecule has 2 rings (SSSR count). The van der Waals surface area contributed by atoms with E-state index < -0.39 is 35.6 Å². The number of alkyl carbamates (subject to hydrolysis) is 1. The Balaban J connectivity index is 2.65. The second kappa shape index (κ2) is 15.4. The summed E-state index contributed by atoms with van der Waals surface area (Å²) >= 11 is 0. The normalized spacial score (nSPS) is 12.7. The van der Waals surface area contributed by atoms with Gasteiger partial charge in [-0.05, 0) is 83.6 Å². The van der Waals surface area contributed by atoms with Crippen LogP contribution in [0.15, 0.2) is 36.4 Å². The number of benzene rings is 2. The first-order valence-corrected chi connectivity index (χ1v) is 14.7. The van der Waals surface area contributed by atoms with Crippen LogP contribution in [-0.4, -0.2) is 46.9 Å². The molecular formula is C33H48N4O5. The number of amides is 4. The molecule has 4 amide bonds. The Morgan fingerprint density at radius 2 is 1.60 bits per heavy atom. The highest BCUT2D eigenvalue weighted by Crippen LogP contribution is 2.30. The van der Waals surface area contributed by atoms with Crippen molar-refractivity contribution in [1.29, 1.82) is 0 Å². The first kappa shape index (κ1) is 34.3. The van der Waals surface area contributed by atoms with Crippen molar-refractivity contribution in [2.45, 2.75) is 105 Å². The molecule has 0 aliphatic heterocycles. The number of hydrogen-bond acceptors (Lipinski definition) is 5. The van der Waals surface area contributed by atoms with Crippen molar-refractivity contribution >= 4 is 29.5 Å². The fourth-order valence-electron chi connectivity index (χ4n) is 4.80. The molecule has 0 aromatic heterocycles. The largest absolute Gasteiger partial charge is 0.444 e. The average Bonchev–Trinajstić information content (AvgIpc) is 2.88. The molecule has 2 atom stereocenters. The summed E-state index contributed by atoms with van der Waals surface area (Å²) in [6, 6.07) is 9.46. The van der Waals surface area contributed by atoms with Crippen LogP contribution >= 0.6 is 0 Å². The number of carbonyl (C=O) groups is 4. The molecule has 4 N–H and O–H groups in total. The second-order valence-electron chi connectivity index (χ2n) is 12.0. The van der Waals surface area contributed by atoms with Gasteiger partial charge in [-0.15, -0.1) is 0 Å². The molecule has 0 bridgehead atoms. The number of para-hydroxylation sites is 1. The number of ether oxygens (including phenoxy) is 1. The Morgan fingerprint density at radius 1 is 0.952 bits per heavy atom. The van der Waals surface area contributed by atoms with Crippen molar-refractivity contribution in [3.63, 3.8) is 0 Å². The van der Waals surface area contributed by atoms with Crippen molar-refractivity contribution in [3.8, 4) is 0 Å². The van der Waals surface area contributed by atoms with Gasteiger partial charge in [0.25, 0.3) is 5.91 Å². The van der Waals surface area contributed by atoms with Crippen LogP contribution in [0.25, 0.3) is 0 Å². The van der Waals surface area contributed by atoms with Gasteiger partial charge < -0.3 is 26.0 Å². The molecule has 0 radical (unpaired) electrons. The first-order chi connectivity index (χ1) is 19.6. The standard InChI is InChI=1S/C33H48N4O5/c1-9-10-11-19-37(31(40)26(17-18-27(34)38)35-32(41)42-33(6,7)8)29(25-20-21(2)15-16-22(25)3)30(39)36-28-23(4)13-12-14-24(28)5/h12-16,20,26,29H,9-11,17-19H2,1-8H3,(H2,34,38)(H,35,41)(H,36,39). The molecule has 0 fully saturated rings. The molecule has 0 aliphatic rings. The minimum atomic E-state index is -1.13. The minimum absolute atomic E-state index is 0.0320. The molecule has 2 aromatic rings. The van der Waals surface area contributed by atoms with Crippen LogP contribution in [0.5, 0.6) is 0 Å². The SMILES string of the molecule is CCCCCN(C(=O)C(CCC(N)=O)NC(=O)OC(C)(C)C)C(C(=O)Nc1c(C)cccc1C)c1cc(C)ccc1C.